The average molecular weight is 261 g/mol. The first-order chi connectivity index (χ1) is 8.55. The summed E-state index contributed by atoms with van der Waals surface area (Å²) in [6.07, 6.45) is -3.29. The van der Waals surface area contributed by atoms with Crippen molar-refractivity contribution in [2.75, 3.05) is 19.7 Å². The van der Waals surface area contributed by atoms with E-state index in [9.17, 15) is 13.2 Å². The molecule has 0 bridgehead atoms. The highest BCUT2D eigenvalue weighted by molar-refractivity contribution is 5.28. The zero-order valence-corrected chi connectivity index (χ0v) is 10.4. The molecule has 18 heavy (non-hydrogen) atoms. The number of hydrogen-bond acceptors (Lipinski definition) is 2. The molecule has 102 valence electrons. The zero-order valence-electron chi connectivity index (χ0n) is 10.4. The van der Waals surface area contributed by atoms with Gasteiger partial charge >= 0.3 is 6.18 Å². The van der Waals surface area contributed by atoms with Gasteiger partial charge in [0, 0.05) is 6.54 Å². The predicted octanol–water partition coefficient (Wildman–Crippen LogP) is 3.22. The fourth-order valence-corrected chi connectivity index (χ4v) is 1.55. The molecule has 0 atom stereocenters. The standard InChI is InChI=1S/C13H18F3NO/c1-2-7-17-8-9-18-10-11-5-3-4-6-12(11)13(14,15)16/h3-6,17H,2,7-10H2,1H3. The minimum Gasteiger partial charge on any atom is -0.375 e. The molecule has 0 aliphatic heterocycles. The van der Waals surface area contributed by atoms with Crippen LogP contribution in [0.25, 0.3) is 0 Å². The van der Waals surface area contributed by atoms with Crippen LogP contribution in [0.5, 0.6) is 0 Å². The molecule has 0 aromatic heterocycles. The first-order valence-electron chi connectivity index (χ1n) is 5.99. The van der Waals surface area contributed by atoms with Crippen molar-refractivity contribution in [2.45, 2.75) is 26.1 Å². The van der Waals surface area contributed by atoms with Crippen molar-refractivity contribution in [2.24, 2.45) is 0 Å². The Morgan fingerprint density at radius 2 is 1.89 bits per heavy atom. The van der Waals surface area contributed by atoms with E-state index in [1.807, 2.05) is 6.92 Å². The SMILES string of the molecule is CCCNCCOCc1ccccc1C(F)(F)F. The average Bonchev–Trinajstić information content (AvgIpc) is 2.33. The summed E-state index contributed by atoms with van der Waals surface area (Å²) in [5.41, 5.74) is -0.438. The minimum absolute atomic E-state index is 0.0104. The molecule has 0 fully saturated rings. The van der Waals surface area contributed by atoms with Crippen molar-refractivity contribution < 1.29 is 17.9 Å². The van der Waals surface area contributed by atoms with Gasteiger partial charge in [-0.2, -0.15) is 13.2 Å². The van der Waals surface area contributed by atoms with Gasteiger partial charge in [0.25, 0.3) is 0 Å². The highest BCUT2D eigenvalue weighted by Crippen LogP contribution is 2.31. The van der Waals surface area contributed by atoms with Crippen molar-refractivity contribution >= 4 is 0 Å². The summed E-state index contributed by atoms with van der Waals surface area (Å²) in [4.78, 5) is 0. The lowest BCUT2D eigenvalue weighted by molar-refractivity contribution is -0.138. The molecule has 0 unspecified atom stereocenters. The lowest BCUT2D eigenvalue weighted by Gasteiger charge is -2.12. The molecule has 1 N–H and O–H groups in total. The second-order valence-corrected chi connectivity index (χ2v) is 3.96. The third-order valence-corrected chi connectivity index (χ3v) is 2.43. The van der Waals surface area contributed by atoms with Crippen molar-refractivity contribution in [1.29, 1.82) is 0 Å². The van der Waals surface area contributed by atoms with Crippen LogP contribution >= 0.6 is 0 Å². The molecule has 2 nitrogen and oxygen atoms in total. The summed E-state index contributed by atoms with van der Waals surface area (Å²) < 4.78 is 43.2. The number of benzene rings is 1. The van der Waals surface area contributed by atoms with Gasteiger partial charge in [-0.3, -0.25) is 0 Å². The first-order valence-corrected chi connectivity index (χ1v) is 5.99. The monoisotopic (exact) mass is 261 g/mol. The number of hydrogen-bond donors (Lipinski definition) is 1. The summed E-state index contributed by atoms with van der Waals surface area (Å²) in [5, 5.41) is 3.12. The fourth-order valence-electron chi connectivity index (χ4n) is 1.55. The van der Waals surface area contributed by atoms with E-state index in [-0.39, 0.29) is 12.2 Å². The maximum Gasteiger partial charge on any atom is 0.416 e. The van der Waals surface area contributed by atoms with E-state index in [1.165, 1.54) is 12.1 Å². The van der Waals surface area contributed by atoms with Gasteiger partial charge < -0.3 is 10.1 Å². The molecule has 0 saturated heterocycles. The van der Waals surface area contributed by atoms with Crippen molar-refractivity contribution in [3.05, 3.63) is 35.4 Å². The summed E-state index contributed by atoms with van der Waals surface area (Å²) in [6, 6.07) is 5.49. The van der Waals surface area contributed by atoms with Crippen molar-refractivity contribution in [3.8, 4) is 0 Å². The van der Waals surface area contributed by atoms with Gasteiger partial charge in [0.05, 0.1) is 18.8 Å². The third kappa shape index (κ3) is 5.06. The van der Waals surface area contributed by atoms with Gasteiger partial charge in [-0.05, 0) is 24.6 Å². The lowest BCUT2D eigenvalue weighted by atomic mass is 10.1. The van der Waals surface area contributed by atoms with Crippen molar-refractivity contribution in [3.63, 3.8) is 0 Å². The van der Waals surface area contributed by atoms with E-state index < -0.39 is 11.7 Å². The lowest BCUT2D eigenvalue weighted by Crippen LogP contribution is -2.20. The Morgan fingerprint density at radius 1 is 1.17 bits per heavy atom. The molecule has 0 aliphatic carbocycles. The van der Waals surface area contributed by atoms with Crippen LogP contribution in [0.15, 0.2) is 24.3 Å². The second-order valence-electron chi connectivity index (χ2n) is 3.96. The van der Waals surface area contributed by atoms with Crippen LogP contribution in [0.3, 0.4) is 0 Å². The molecule has 0 spiro atoms. The normalized spacial score (nSPS) is 11.8. The summed E-state index contributed by atoms with van der Waals surface area (Å²) in [6.45, 7) is 3.99. The predicted molar refractivity (Wildman–Crippen MR) is 64.3 cm³/mol. The van der Waals surface area contributed by atoms with E-state index >= 15 is 0 Å². The number of rotatable bonds is 7. The molecule has 0 aliphatic rings. The van der Waals surface area contributed by atoms with Gasteiger partial charge in [0.2, 0.25) is 0 Å². The van der Waals surface area contributed by atoms with E-state index in [2.05, 4.69) is 5.32 Å². The van der Waals surface area contributed by atoms with E-state index in [4.69, 9.17) is 4.74 Å². The van der Waals surface area contributed by atoms with Crippen LogP contribution in [-0.2, 0) is 17.5 Å². The summed E-state index contributed by atoms with van der Waals surface area (Å²) >= 11 is 0. The van der Waals surface area contributed by atoms with Gasteiger partial charge in [-0.25, -0.2) is 0 Å². The maximum atomic E-state index is 12.7. The first kappa shape index (κ1) is 15.0. The Balaban J connectivity index is 2.43. The van der Waals surface area contributed by atoms with Gasteiger partial charge in [-0.15, -0.1) is 0 Å². The van der Waals surface area contributed by atoms with Crippen molar-refractivity contribution in [1.82, 2.24) is 5.32 Å². The van der Waals surface area contributed by atoms with Crippen LogP contribution in [0.2, 0.25) is 0 Å². The third-order valence-electron chi connectivity index (χ3n) is 2.43. The molecule has 0 radical (unpaired) electrons. The van der Waals surface area contributed by atoms with Gasteiger partial charge in [0.15, 0.2) is 0 Å². The Morgan fingerprint density at radius 3 is 2.56 bits per heavy atom. The Labute approximate surface area is 105 Å². The summed E-state index contributed by atoms with van der Waals surface area (Å²) in [7, 11) is 0. The molecule has 1 aromatic rings. The van der Waals surface area contributed by atoms with Crippen LogP contribution in [0, 0.1) is 0 Å². The quantitative estimate of drug-likeness (QED) is 0.761. The van der Waals surface area contributed by atoms with Crippen LogP contribution in [0.4, 0.5) is 13.2 Å². The highest BCUT2D eigenvalue weighted by Gasteiger charge is 2.32. The van der Waals surface area contributed by atoms with E-state index in [1.54, 1.807) is 6.07 Å². The number of ether oxygens (including phenoxy) is 1. The second kappa shape index (κ2) is 7.38. The Kier molecular flexibility index (Phi) is 6.15. The number of alkyl halides is 3. The molecule has 0 heterocycles. The van der Waals surface area contributed by atoms with E-state index in [0.29, 0.717) is 13.2 Å². The fraction of sp³-hybridized carbons (Fsp3) is 0.538. The maximum absolute atomic E-state index is 12.7. The van der Waals surface area contributed by atoms with Crippen LogP contribution in [-0.4, -0.2) is 19.7 Å². The topological polar surface area (TPSA) is 21.3 Å². The van der Waals surface area contributed by atoms with Gasteiger partial charge in [-0.1, -0.05) is 25.1 Å². The molecular formula is C13H18F3NO. The number of nitrogens with one attached hydrogen (secondary N) is 1. The van der Waals surface area contributed by atoms with Crippen LogP contribution < -0.4 is 5.32 Å². The Hall–Kier alpha value is -1.07. The molecule has 0 amide bonds. The summed E-state index contributed by atoms with van der Waals surface area (Å²) in [5.74, 6) is 0. The molecular weight excluding hydrogens is 243 g/mol. The molecule has 1 rings (SSSR count). The smallest absolute Gasteiger partial charge is 0.375 e. The van der Waals surface area contributed by atoms with Crippen LogP contribution in [0.1, 0.15) is 24.5 Å². The zero-order chi connectivity index (χ0) is 13.4. The number of halogens is 3. The molecule has 5 heteroatoms. The minimum atomic E-state index is -4.32. The van der Waals surface area contributed by atoms with Gasteiger partial charge in [0.1, 0.15) is 0 Å². The molecule has 1 aromatic carbocycles. The largest absolute Gasteiger partial charge is 0.416 e. The highest BCUT2D eigenvalue weighted by atomic mass is 19.4. The molecule has 0 saturated carbocycles. The van der Waals surface area contributed by atoms with E-state index in [0.717, 1.165) is 19.0 Å². The Bertz CT molecular complexity index is 352.